The number of nitrogens with zero attached hydrogens (tertiary/aromatic N) is 5. The van der Waals surface area contributed by atoms with Crippen molar-refractivity contribution in [2.45, 2.75) is 79.8 Å². The Morgan fingerprint density at radius 2 is 1.92 bits per heavy atom. The second-order valence-electron chi connectivity index (χ2n) is 11.3. The summed E-state index contributed by atoms with van der Waals surface area (Å²) in [6.45, 7) is 6.30. The van der Waals surface area contributed by atoms with Crippen molar-refractivity contribution in [1.29, 1.82) is 0 Å². The molecule has 2 aromatic heterocycles. The van der Waals surface area contributed by atoms with Crippen molar-refractivity contribution in [1.82, 2.24) is 29.7 Å². The van der Waals surface area contributed by atoms with Crippen LogP contribution in [0.3, 0.4) is 0 Å². The summed E-state index contributed by atoms with van der Waals surface area (Å²) in [4.78, 5) is 8.65. The quantitative estimate of drug-likeness (QED) is 0.559. The van der Waals surface area contributed by atoms with E-state index in [4.69, 9.17) is 14.2 Å². The van der Waals surface area contributed by atoms with Gasteiger partial charge in [-0.1, -0.05) is 0 Å². The Kier molecular flexibility index (Phi) is 6.53. The topological polar surface area (TPSA) is 76.4 Å². The molecule has 0 saturated carbocycles. The molecular formula is C25H36F2N6O3S. The molecule has 1 spiro atoms. The maximum Gasteiger partial charge on any atom is 0.262 e. The molecule has 2 aromatic rings. The van der Waals surface area contributed by atoms with E-state index in [1.807, 2.05) is 48.7 Å². The molecule has 1 N–H and O–H groups in total. The molecule has 0 bridgehead atoms. The monoisotopic (exact) mass is 538 g/mol. The maximum atomic E-state index is 14.9. The van der Waals surface area contributed by atoms with Crippen LogP contribution in [0.25, 0.3) is 5.52 Å². The molecule has 0 radical (unpaired) electrons. The Morgan fingerprint density at radius 1 is 1.16 bits per heavy atom. The van der Waals surface area contributed by atoms with E-state index in [1.54, 1.807) is 18.1 Å². The van der Waals surface area contributed by atoms with Crippen LogP contribution < -0.4 is 5.32 Å². The summed E-state index contributed by atoms with van der Waals surface area (Å²) in [5, 5.41) is 8.53. The average Bonchev–Trinajstić information content (AvgIpc) is 3.56. The first-order valence-corrected chi connectivity index (χ1v) is 14.2. The normalized spacial score (nSPS) is 33.0. The third-order valence-corrected chi connectivity index (χ3v) is 9.03. The molecule has 6 rings (SSSR count). The fraction of sp³-hybridized carbons (Fsp3) is 0.760. The largest absolute Gasteiger partial charge is 0.362 e. The van der Waals surface area contributed by atoms with Gasteiger partial charge in [0, 0.05) is 38.3 Å². The second-order valence-corrected chi connectivity index (χ2v) is 12.0. The lowest BCUT2D eigenvalue weighted by molar-refractivity contribution is -0.191. The zero-order chi connectivity index (χ0) is 26.0. The van der Waals surface area contributed by atoms with Gasteiger partial charge in [0.2, 0.25) is 0 Å². The number of alkyl halides is 2. The summed E-state index contributed by atoms with van der Waals surface area (Å²) < 4.78 is 50.9. The Morgan fingerprint density at radius 3 is 2.65 bits per heavy atom. The van der Waals surface area contributed by atoms with Crippen LogP contribution in [0.4, 0.5) is 8.78 Å². The lowest BCUT2D eigenvalue weighted by Gasteiger charge is -2.45. The maximum absolute atomic E-state index is 14.9. The van der Waals surface area contributed by atoms with E-state index in [0.29, 0.717) is 6.54 Å². The molecule has 0 unspecified atom stereocenters. The molecule has 0 aliphatic carbocycles. The zero-order valence-corrected chi connectivity index (χ0v) is 22.6. The molecule has 0 aromatic carbocycles. The molecule has 6 heterocycles. The summed E-state index contributed by atoms with van der Waals surface area (Å²) in [5.41, 5.74) is 1.23. The molecule has 204 valence electrons. The minimum Gasteiger partial charge on any atom is -0.362 e. The van der Waals surface area contributed by atoms with E-state index >= 15 is 0 Å². The number of thioether (sulfide) groups is 1. The number of hydrogen-bond acceptors (Lipinski definition) is 9. The SMILES string of the molecule is CNCN1CCC2(CC1)CC(F)(F)CN2C[C@H]1O[C@@H](c2ccc3c(SC)ncnn23)[C@@H]2OC(C)(C)O[C@@H]21. The van der Waals surface area contributed by atoms with E-state index in [0.717, 1.165) is 48.8 Å². The third-order valence-electron chi connectivity index (χ3n) is 8.33. The van der Waals surface area contributed by atoms with E-state index in [1.165, 1.54) is 0 Å². The first kappa shape index (κ1) is 25.8. The van der Waals surface area contributed by atoms with Crippen LogP contribution in [-0.4, -0.2) is 106 Å². The number of halogens is 2. The Hall–Kier alpha value is -1.41. The summed E-state index contributed by atoms with van der Waals surface area (Å²) >= 11 is 1.56. The van der Waals surface area contributed by atoms with Crippen molar-refractivity contribution in [3.8, 4) is 0 Å². The number of rotatable bonds is 6. The van der Waals surface area contributed by atoms with Crippen molar-refractivity contribution in [2.75, 3.05) is 46.2 Å². The lowest BCUT2D eigenvalue weighted by atomic mass is 9.84. The lowest BCUT2D eigenvalue weighted by Crippen LogP contribution is -2.55. The van der Waals surface area contributed by atoms with E-state index in [-0.39, 0.29) is 25.2 Å². The van der Waals surface area contributed by atoms with E-state index < -0.39 is 29.5 Å². The highest BCUT2D eigenvalue weighted by atomic mass is 32.2. The second kappa shape index (κ2) is 9.35. The molecule has 9 nitrogen and oxygen atoms in total. The molecular weight excluding hydrogens is 502 g/mol. The molecule has 12 heteroatoms. The van der Waals surface area contributed by atoms with Gasteiger partial charge in [0.05, 0.1) is 17.8 Å². The van der Waals surface area contributed by atoms with Gasteiger partial charge in [0.1, 0.15) is 35.8 Å². The number of aromatic nitrogens is 3. The van der Waals surface area contributed by atoms with Crippen molar-refractivity contribution in [3.63, 3.8) is 0 Å². The Labute approximate surface area is 220 Å². The smallest absolute Gasteiger partial charge is 0.262 e. The summed E-state index contributed by atoms with van der Waals surface area (Å²) in [6.07, 6.45) is 3.31. The number of ether oxygens (including phenoxy) is 3. The van der Waals surface area contributed by atoms with Crippen molar-refractivity contribution in [3.05, 3.63) is 24.2 Å². The number of likely N-dealkylation sites (tertiary alicyclic amines) is 2. The highest BCUT2D eigenvalue weighted by Crippen LogP contribution is 2.49. The van der Waals surface area contributed by atoms with Crippen LogP contribution in [0, 0.1) is 0 Å². The minimum atomic E-state index is -2.71. The highest BCUT2D eigenvalue weighted by molar-refractivity contribution is 7.98. The first-order chi connectivity index (χ1) is 17.6. The number of fused-ring (bicyclic) bond motifs is 2. The predicted molar refractivity (Wildman–Crippen MR) is 135 cm³/mol. The van der Waals surface area contributed by atoms with Gasteiger partial charge in [0.15, 0.2) is 5.79 Å². The summed E-state index contributed by atoms with van der Waals surface area (Å²) in [5.74, 6) is -3.50. The van der Waals surface area contributed by atoms with Crippen LogP contribution in [0.15, 0.2) is 23.5 Å². The molecule has 4 atom stereocenters. The molecule has 4 fully saturated rings. The fourth-order valence-electron chi connectivity index (χ4n) is 6.79. The molecule has 4 aliphatic heterocycles. The number of piperidine rings is 1. The van der Waals surface area contributed by atoms with Crippen molar-refractivity contribution >= 4 is 17.3 Å². The minimum absolute atomic E-state index is 0.0990. The van der Waals surface area contributed by atoms with Gasteiger partial charge in [-0.15, -0.1) is 11.8 Å². The number of nitrogens with one attached hydrogen (secondary N) is 1. The Balaban J connectivity index is 1.28. The summed E-state index contributed by atoms with van der Waals surface area (Å²) in [6, 6.07) is 3.98. The Bertz CT molecular complexity index is 1140. The van der Waals surface area contributed by atoms with Gasteiger partial charge in [-0.2, -0.15) is 5.10 Å². The third kappa shape index (κ3) is 4.58. The zero-order valence-electron chi connectivity index (χ0n) is 21.8. The van der Waals surface area contributed by atoms with Gasteiger partial charge in [-0.25, -0.2) is 18.3 Å². The molecule has 4 aliphatic rings. The molecule has 4 saturated heterocycles. The van der Waals surface area contributed by atoms with Crippen molar-refractivity contribution in [2.24, 2.45) is 0 Å². The first-order valence-electron chi connectivity index (χ1n) is 13.0. The van der Waals surface area contributed by atoms with Crippen LogP contribution in [-0.2, 0) is 14.2 Å². The number of hydrogen-bond donors (Lipinski definition) is 1. The fourth-order valence-corrected chi connectivity index (χ4v) is 7.30. The predicted octanol–water partition coefficient (Wildman–Crippen LogP) is 2.76. The van der Waals surface area contributed by atoms with Gasteiger partial charge in [0.25, 0.3) is 5.92 Å². The van der Waals surface area contributed by atoms with Crippen molar-refractivity contribution < 1.29 is 23.0 Å². The van der Waals surface area contributed by atoms with Gasteiger partial charge >= 0.3 is 0 Å². The van der Waals surface area contributed by atoms with Crippen LogP contribution >= 0.6 is 11.8 Å². The summed E-state index contributed by atoms with van der Waals surface area (Å²) in [7, 11) is 1.91. The van der Waals surface area contributed by atoms with Crippen LogP contribution in [0.5, 0.6) is 0 Å². The van der Waals surface area contributed by atoms with Crippen LogP contribution in [0.2, 0.25) is 0 Å². The standard InChI is InChI=1S/C25H36F2N6O3S/c1-23(2)35-20-18(11-32-13-25(26,27)12-24(32)7-9-31(10-8-24)15-28-3)34-19(21(20)36-23)16-5-6-17-22(37-4)29-14-30-33(16)17/h5-6,14,18-21,28H,7-13,15H2,1-4H3/t18-,19+,20-,21+/m1/s1. The average molecular weight is 539 g/mol. The van der Waals surface area contributed by atoms with E-state index in [2.05, 4.69) is 20.3 Å². The molecule has 37 heavy (non-hydrogen) atoms. The highest BCUT2D eigenvalue weighted by Gasteiger charge is 2.60. The molecule has 0 amide bonds. The van der Waals surface area contributed by atoms with Gasteiger partial charge < -0.3 is 19.5 Å². The van der Waals surface area contributed by atoms with Gasteiger partial charge in [-0.05, 0) is 52.1 Å². The van der Waals surface area contributed by atoms with Gasteiger partial charge in [-0.3, -0.25) is 9.80 Å². The van der Waals surface area contributed by atoms with E-state index in [9.17, 15) is 8.78 Å². The van der Waals surface area contributed by atoms with Crippen LogP contribution in [0.1, 0.15) is 44.9 Å².